The number of hydrogen-bond acceptors (Lipinski definition) is 5. The maximum atomic E-state index is 11.3. The van der Waals surface area contributed by atoms with Crippen LogP contribution in [0.5, 0.6) is 0 Å². The second kappa shape index (κ2) is 6.05. The first kappa shape index (κ1) is 14.4. The zero-order valence-electron chi connectivity index (χ0n) is 12.6. The van der Waals surface area contributed by atoms with Crippen LogP contribution in [0.4, 0.5) is 5.82 Å². The van der Waals surface area contributed by atoms with Crippen molar-refractivity contribution < 1.29 is 4.79 Å². The van der Waals surface area contributed by atoms with E-state index in [2.05, 4.69) is 21.5 Å². The zero-order chi connectivity index (χ0) is 15.5. The summed E-state index contributed by atoms with van der Waals surface area (Å²) in [5.41, 5.74) is 2.19. The quantitative estimate of drug-likeness (QED) is 0.767. The summed E-state index contributed by atoms with van der Waals surface area (Å²) >= 11 is 0. The number of hydrogen-bond donors (Lipinski definition) is 0. The molecule has 0 unspecified atom stereocenters. The summed E-state index contributed by atoms with van der Waals surface area (Å²) in [6, 6.07) is 3.92. The summed E-state index contributed by atoms with van der Waals surface area (Å²) < 4.78 is 0. The normalized spacial score (nSPS) is 13.7. The highest BCUT2D eigenvalue weighted by atomic mass is 16.1. The highest BCUT2D eigenvalue weighted by molar-refractivity contribution is 5.83. The second-order valence-electron chi connectivity index (χ2n) is 5.52. The van der Waals surface area contributed by atoms with Gasteiger partial charge in [-0.25, -0.2) is 9.97 Å². The number of aldehydes is 1. The summed E-state index contributed by atoms with van der Waals surface area (Å²) in [7, 11) is 1.95. The van der Waals surface area contributed by atoms with Crippen LogP contribution in [0.1, 0.15) is 46.2 Å². The molecule has 0 radical (unpaired) electrons. The van der Waals surface area contributed by atoms with Gasteiger partial charge in [-0.15, -0.1) is 0 Å². The predicted octanol–water partition coefficient (Wildman–Crippen LogP) is 2.84. The molecule has 112 valence electrons. The summed E-state index contributed by atoms with van der Waals surface area (Å²) in [6.45, 7) is 4.46. The Hall–Kier alpha value is -2.56. The van der Waals surface area contributed by atoms with Gasteiger partial charge in [0.1, 0.15) is 17.3 Å². The van der Waals surface area contributed by atoms with Crippen LogP contribution < -0.4 is 4.90 Å². The van der Waals surface area contributed by atoms with Gasteiger partial charge in [0, 0.05) is 37.5 Å². The lowest BCUT2D eigenvalue weighted by Crippen LogP contribution is -2.21. The number of nitrogens with zero attached hydrogens (tertiary/aromatic N) is 4. The molecule has 0 amide bonds. The molecular formula is C17H18N4O. The van der Waals surface area contributed by atoms with Crippen LogP contribution in [0, 0.1) is 0 Å². The molecule has 5 nitrogen and oxygen atoms in total. The van der Waals surface area contributed by atoms with E-state index in [-0.39, 0.29) is 0 Å². The molecule has 5 heteroatoms. The summed E-state index contributed by atoms with van der Waals surface area (Å²) in [4.78, 5) is 26.5. The van der Waals surface area contributed by atoms with Crippen LogP contribution in [0.25, 0.3) is 6.08 Å². The van der Waals surface area contributed by atoms with Gasteiger partial charge in [0.2, 0.25) is 0 Å². The fourth-order valence-electron chi connectivity index (χ4n) is 2.43. The average Bonchev–Trinajstić information content (AvgIpc) is 3.39. The number of pyridine rings is 1. The van der Waals surface area contributed by atoms with Gasteiger partial charge >= 0.3 is 0 Å². The van der Waals surface area contributed by atoms with Crippen molar-refractivity contribution in [2.75, 3.05) is 11.9 Å². The third-order valence-electron chi connectivity index (χ3n) is 3.73. The van der Waals surface area contributed by atoms with Crippen LogP contribution in [0.3, 0.4) is 0 Å². The SMILES string of the molecule is C=Cc1c(C=O)nc(C2CC2)nc1N(C)Cc1cccnc1. The van der Waals surface area contributed by atoms with E-state index in [0.29, 0.717) is 23.7 Å². The third-order valence-corrected chi connectivity index (χ3v) is 3.73. The molecule has 22 heavy (non-hydrogen) atoms. The fraction of sp³-hybridized carbons (Fsp3) is 0.294. The monoisotopic (exact) mass is 294 g/mol. The van der Waals surface area contributed by atoms with E-state index in [1.807, 2.05) is 30.3 Å². The minimum absolute atomic E-state index is 0.392. The topological polar surface area (TPSA) is 59.0 Å². The van der Waals surface area contributed by atoms with Crippen molar-refractivity contribution in [1.29, 1.82) is 0 Å². The molecule has 3 rings (SSSR count). The van der Waals surface area contributed by atoms with Crippen molar-refractivity contribution in [3.05, 3.63) is 53.8 Å². The molecule has 1 saturated carbocycles. The molecule has 2 aromatic rings. The largest absolute Gasteiger partial charge is 0.355 e. The fourth-order valence-corrected chi connectivity index (χ4v) is 2.43. The number of rotatable bonds is 6. The molecule has 0 spiro atoms. The Kier molecular flexibility index (Phi) is 3.96. The number of aromatic nitrogens is 3. The van der Waals surface area contributed by atoms with Crippen LogP contribution >= 0.6 is 0 Å². The van der Waals surface area contributed by atoms with Gasteiger partial charge < -0.3 is 4.90 Å². The molecule has 0 N–H and O–H groups in total. The Morgan fingerprint density at radius 2 is 2.23 bits per heavy atom. The van der Waals surface area contributed by atoms with Gasteiger partial charge in [0.05, 0.1) is 0 Å². The van der Waals surface area contributed by atoms with E-state index in [1.165, 1.54) is 0 Å². The van der Waals surface area contributed by atoms with E-state index in [9.17, 15) is 4.79 Å². The highest BCUT2D eigenvalue weighted by Gasteiger charge is 2.29. The molecule has 2 heterocycles. The molecular weight excluding hydrogens is 276 g/mol. The third kappa shape index (κ3) is 2.88. The highest BCUT2D eigenvalue weighted by Crippen LogP contribution is 2.39. The van der Waals surface area contributed by atoms with Crippen molar-refractivity contribution in [3.8, 4) is 0 Å². The first-order valence-corrected chi connectivity index (χ1v) is 7.32. The number of anilines is 1. The van der Waals surface area contributed by atoms with Gasteiger partial charge in [-0.05, 0) is 24.5 Å². The molecule has 1 aliphatic carbocycles. The van der Waals surface area contributed by atoms with Crippen LogP contribution in [0.15, 0.2) is 31.1 Å². The Labute approximate surface area is 129 Å². The molecule has 1 fully saturated rings. The van der Waals surface area contributed by atoms with Gasteiger partial charge in [0.25, 0.3) is 0 Å². The summed E-state index contributed by atoms with van der Waals surface area (Å²) in [6.07, 6.45) is 8.20. The van der Waals surface area contributed by atoms with Crippen LogP contribution in [-0.2, 0) is 6.54 Å². The molecule has 0 saturated heterocycles. The lowest BCUT2D eigenvalue weighted by molar-refractivity contribution is 0.111. The molecule has 0 aliphatic heterocycles. The molecule has 0 bridgehead atoms. The minimum atomic E-state index is 0.392. The Morgan fingerprint density at radius 1 is 1.41 bits per heavy atom. The van der Waals surface area contributed by atoms with Crippen molar-refractivity contribution in [2.24, 2.45) is 0 Å². The smallest absolute Gasteiger partial charge is 0.169 e. The Bertz CT molecular complexity index is 695. The maximum absolute atomic E-state index is 11.3. The van der Waals surface area contributed by atoms with Crippen LogP contribution in [-0.4, -0.2) is 28.3 Å². The molecule has 0 atom stereocenters. The Balaban J connectivity index is 1.98. The molecule has 0 aromatic carbocycles. The van der Waals surface area contributed by atoms with E-state index in [4.69, 9.17) is 0 Å². The van der Waals surface area contributed by atoms with Crippen molar-refractivity contribution in [1.82, 2.24) is 15.0 Å². The van der Waals surface area contributed by atoms with E-state index in [1.54, 1.807) is 12.3 Å². The van der Waals surface area contributed by atoms with Crippen molar-refractivity contribution in [2.45, 2.75) is 25.3 Å². The predicted molar refractivity (Wildman–Crippen MR) is 85.8 cm³/mol. The van der Waals surface area contributed by atoms with Gasteiger partial charge in [-0.2, -0.15) is 0 Å². The lowest BCUT2D eigenvalue weighted by atomic mass is 10.1. The summed E-state index contributed by atoms with van der Waals surface area (Å²) in [5.74, 6) is 1.90. The second-order valence-corrected chi connectivity index (χ2v) is 5.52. The van der Waals surface area contributed by atoms with E-state index in [0.717, 1.165) is 36.3 Å². The van der Waals surface area contributed by atoms with Gasteiger partial charge in [-0.1, -0.05) is 18.7 Å². The van der Waals surface area contributed by atoms with Crippen LogP contribution in [0.2, 0.25) is 0 Å². The average molecular weight is 294 g/mol. The van der Waals surface area contributed by atoms with Gasteiger partial charge in [0.15, 0.2) is 6.29 Å². The number of carbonyl (C=O) groups is 1. The molecule has 2 aromatic heterocycles. The van der Waals surface area contributed by atoms with Gasteiger partial charge in [-0.3, -0.25) is 9.78 Å². The van der Waals surface area contributed by atoms with Crippen molar-refractivity contribution >= 4 is 18.2 Å². The van der Waals surface area contributed by atoms with E-state index < -0.39 is 0 Å². The Morgan fingerprint density at radius 3 is 2.82 bits per heavy atom. The minimum Gasteiger partial charge on any atom is -0.355 e. The van der Waals surface area contributed by atoms with E-state index >= 15 is 0 Å². The standard InChI is InChI=1S/C17H18N4O/c1-3-14-15(11-22)19-16(13-6-7-13)20-17(14)21(2)10-12-5-4-8-18-9-12/h3-5,8-9,11,13H,1,6-7,10H2,2H3. The maximum Gasteiger partial charge on any atom is 0.169 e. The first-order valence-electron chi connectivity index (χ1n) is 7.32. The summed E-state index contributed by atoms with van der Waals surface area (Å²) in [5, 5.41) is 0. The molecule has 1 aliphatic rings. The first-order chi connectivity index (χ1) is 10.7. The lowest BCUT2D eigenvalue weighted by Gasteiger charge is -2.21. The number of carbonyl (C=O) groups excluding carboxylic acids is 1. The zero-order valence-corrected chi connectivity index (χ0v) is 12.6. The van der Waals surface area contributed by atoms with Crippen molar-refractivity contribution in [3.63, 3.8) is 0 Å².